The molecule has 1 unspecified atom stereocenters. The van der Waals surface area contributed by atoms with Crippen LogP contribution in [0.25, 0.3) is 0 Å². The number of hydrogen-bond donors (Lipinski definition) is 3. The molecule has 24 heavy (non-hydrogen) atoms. The first-order valence-corrected chi connectivity index (χ1v) is 7.19. The van der Waals surface area contributed by atoms with E-state index in [0.717, 1.165) is 17.0 Å². The number of phenolic OH excluding ortho intramolecular Hbond substituents is 2. The molecule has 0 spiro atoms. The Kier molecular flexibility index (Phi) is 5.02. The van der Waals surface area contributed by atoms with Gasteiger partial charge in [0.15, 0.2) is 11.5 Å². The Morgan fingerprint density at radius 1 is 1.25 bits per heavy atom. The van der Waals surface area contributed by atoms with Gasteiger partial charge in [-0.3, -0.25) is 19.3 Å². The highest BCUT2D eigenvalue weighted by Crippen LogP contribution is 2.27. The molecular formula is C15H16N3O6. The van der Waals surface area contributed by atoms with E-state index < -0.39 is 29.6 Å². The monoisotopic (exact) mass is 334 g/mol. The lowest BCUT2D eigenvalue weighted by molar-refractivity contribution is -0.153. The van der Waals surface area contributed by atoms with Crippen LogP contribution in [0.4, 0.5) is 4.79 Å². The van der Waals surface area contributed by atoms with Gasteiger partial charge in [-0.2, -0.15) is 0 Å². The molecule has 1 aliphatic heterocycles. The van der Waals surface area contributed by atoms with E-state index in [1.54, 1.807) is 13.2 Å². The molecule has 1 aromatic carbocycles. The first-order chi connectivity index (χ1) is 11.4. The van der Waals surface area contributed by atoms with Gasteiger partial charge in [0.25, 0.3) is 0 Å². The van der Waals surface area contributed by atoms with Crippen LogP contribution in [0, 0.1) is 0 Å². The number of nitrogens with zero attached hydrogens (tertiary/aromatic N) is 2. The third-order valence-corrected chi connectivity index (χ3v) is 3.65. The summed E-state index contributed by atoms with van der Waals surface area (Å²) in [4.78, 5) is 49.1. The van der Waals surface area contributed by atoms with Gasteiger partial charge in [0.2, 0.25) is 6.29 Å². The van der Waals surface area contributed by atoms with Crippen molar-refractivity contribution >= 4 is 24.1 Å². The SMILES string of the molecule is CCN1CCN(C(=O)NC([C]=O)c2ccc(O)c(O)c2)C(=O)C1=O. The third-order valence-electron chi connectivity index (χ3n) is 3.65. The van der Waals surface area contributed by atoms with Gasteiger partial charge in [-0.05, 0) is 24.6 Å². The zero-order valence-electron chi connectivity index (χ0n) is 12.9. The fraction of sp³-hybridized carbons (Fsp3) is 0.333. The fourth-order valence-corrected chi connectivity index (χ4v) is 2.27. The molecule has 0 aromatic heterocycles. The van der Waals surface area contributed by atoms with E-state index in [9.17, 15) is 29.4 Å². The average molecular weight is 334 g/mol. The van der Waals surface area contributed by atoms with Crippen molar-refractivity contribution < 1.29 is 29.4 Å². The van der Waals surface area contributed by atoms with Gasteiger partial charge in [0.05, 0.1) is 0 Å². The number of rotatable bonds is 4. The van der Waals surface area contributed by atoms with Crippen molar-refractivity contribution in [3.63, 3.8) is 0 Å². The molecule has 0 bridgehead atoms. The largest absolute Gasteiger partial charge is 0.504 e. The summed E-state index contributed by atoms with van der Waals surface area (Å²) in [6.45, 7) is 2.30. The Bertz CT molecular complexity index is 690. The Morgan fingerprint density at radius 2 is 1.96 bits per heavy atom. The molecule has 3 N–H and O–H groups in total. The first kappa shape index (κ1) is 17.3. The molecule has 4 amide bonds. The maximum absolute atomic E-state index is 12.2. The van der Waals surface area contributed by atoms with Gasteiger partial charge in [-0.1, -0.05) is 6.07 Å². The highest BCUT2D eigenvalue weighted by atomic mass is 16.3. The molecule has 1 fully saturated rings. The molecule has 1 radical (unpaired) electrons. The molecule has 2 rings (SSSR count). The normalized spacial score (nSPS) is 16.0. The maximum atomic E-state index is 12.2. The lowest BCUT2D eigenvalue weighted by atomic mass is 10.1. The van der Waals surface area contributed by atoms with E-state index in [2.05, 4.69) is 5.32 Å². The minimum absolute atomic E-state index is 0.0106. The smallest absolute Gasteiger partial charge is 0.325 e. The Balaban J connectivity index is 2.12. The van der Waals surface area contributed by atoms with Crippen molar-refractivity contribution in [3.05, 3.63) is 23.8 Å². The Hall–Kier alpha value is -3.10. The predicted octanol–water partition coefficient (Wildman–Crippen LogP) is -0.351. The summed E-state index contributed by atoms with van der Waals surface area (Å²) >= 11 is 0. The summed E-state index contributed by atoms with van der Waals surface area (Å²) in [5, 5.41) is 21.0. The predicted molar refractivity (Wildman–Crippen MR) is 80.7 cm³/mol. The van der Waals surface area contributed by atoms with Crippen LogP contribution >= 0.6 is 0 Å². The second-order valence-corrected chi connectivity index (χ2v) is 5.09. The van der Waals surface area contributed by atoms with E-state index in [0.29, 0.717) is 6.54 Å². The van der Waals surface area contributed by atoms with Crippen LogP contribution in [0.1, 0.15) is 18.5 Å². The zero-order valence-corrected chi connectivity index (χ0v) is 12.9. The molecule has 9 nitrogen and oxygen atoms in total. The summed E-state index contributed by atoms with van der Waals surface area (Å²) in [7, 11) is 0. The van der Waals surface area contributed by atoms with Crippen LogP contribution < -0.4 is 5.32 Å². The van der Waals surface area contributed by atoms with Crippen molar-refractivity contribution in [1.82, 2.24) is 15.1 Å². The van der Waals surface area contributed by atoms with Crippen LogP contribution in [0.2, 0.25) is 0 Å². The second kappa shape index (κ2) is 6.99. The first-order valence-electron chi connectivity index (χ1n) is 7.19. The van der Waals surface area contributed by atoms with E-state index >= 15 is 0 Å². The average Bonchev–Trinajstić information content (AvgIpc) is 2.57. The second-order valence-electron chi connectivity index (χ2n) is 5.09. The number of carbonyl (C=O) groups excluding carboxylic acids is 4. The number of hydrogen-bond acceptors (Lipinski definition) is 6. The van der Waals surface area contributed by atoms with Gasteiger partial charge in [0, 0.05) is 19.6 Å². The van der Waals surface area contributed by atoms with Gasteiger partial charge in [0.1, 0.15) is 6.04 Å². The van der Waals surface area contributed by atoms with E-state index in [-0.39, 0.29) is 24.4 Å². The van der Waals surface area contributed by atoms with Crippen LogP contribution in [-0.2, 0) is 14.4 Å². The lowest BCUT2D eigenvalue weighted by Crippen LogP contribution is -2.58. The minimum Gasteiger partial charge on any atom is -0.504 e. The molecule has 9 heteroatoms. The number of likely N-dealkylation sites (N-methyl/N-ethyl adjacent to an activating group) is 1. The van der Waals surface area contributed by atoms with Crippen molar-refractivity contribution in [2.75, 3.05) is 19.6 Å². The van der Waals surface area contributed by atoms with E-state index in [1.165, 1.54) is 11.0 Å². The van der Waals surface area contributed by atoms with Crippen LogP contribution in [0.3, 0.4) is 0 Å². The molecule has 1 heterocycles. The highest BCUT2D eigenvalue weighted by Gasteiger charge is 2.36. The molecule has 1 aromatic rings. The molecular weight excluding hydrogens is 318 g/mol. The summed E-state index contributed by atoms with van der Waals surface area (Å²) in [5.74, 6) is -2.61. The maximum Gasteiger partial charge on any atom is 0.325 e. The number of aromatic hydroxyl groups is 2. The Morgan fingerprint density at radius 3 is 2.54 bits per heavy atom. The van der Waals surface area contributed by atoms with Gasteiger partial charge < -0.3 is 20.4 Å². The summed E-state index contributed by atoms with van der Waals surface area (Å²) in [6.07, 6.45) is 1.57. The van der Waals surface area contributed by atoms with Crippen LogP contribution in [-0.4, -0.2) is 63.8 Å². The number of nitrogens with one attached hydrogen (secondary N) is 1. The zero-order chi connectivity index (χ0) is 17.9. The third kappa shape index (κ3) is 3.29. The number of amides is 4. The van der Waals surface area contributed by atoms with Crippen molar-refractivity contribution in [1.29, 1.82) is 0 Å². The summed E-state index contributed by atoms with van der Waals surface area (Å²) in [6, 6.07) is 1.37. The highest BCUT2D eigenvalue weighted by molar-refractivity contribution is 6.38. The summed E-state index contributed by atoms with van der Waals surface area (Å²) in [5.41, 5.74) is 0.166. The number of carbonyl (C=O) groups is 3. The van der Waals surface area contributed by atoms with Crippen molar-refractivity contribution in [2.45, 2.75) is 13.0 Å². The number of urea groups is 1. The molecule has 0 saturated carbocycles. The van der Waals surface area contributed by atoms with Gasteiger partial charge >= 0.3 is 17.8 Å². The molecule has 1 saturated heterocycles. The molecule has 0 aliphatic carbocycles. The standard InChI is InChI=1S/C15H16N3O6/c1-2-17-5-6-18(14(23)13(17)22)15(24)16-10(8-19)9-3-4-11(20)12(21)7-9/h3-4,7,10,20-21H,2,5-6H2,1H3,(H,16,24). The summed E-state index contributed by atoms with van der Waals surface area (Å²) < 4.78 is 0. The molecule has 127 valence electrons. The van der Waals surface area contributed by atoms with Crippen molar-refractivity contribution in [2.24, 2.45) is 0 Å². The topological polar surface area (TPSA) is 127 Å². The quantitative estimate of drug-likeness (QED) is 0.510. The van der Waals surface area contributed by atoms with Crippen LogP contribution in [0.15, 0.2) is 18.2 Å². The number of benzene rings is 1. The number of phenols is 2. The fourth-order valence-electron chi connectivity index (χ4n) is 2.27. The van der Waals surface area contributed by atoms with Crippen molar-refractivity contribution in [3.8, 4) is 11.5 Å². The molecule has 1 aliphatic rings. The number of imide groups is 1. The van der Waals surface area contributed by atoms with Gasteiger partial charge in [-0.25, -0.2) is 4.79 Å². The lowest BCUT2D eigenvalue weighted by Gasteiger charge is -2.32. The van der Waals surface area contributed by atoms with E-state index in [1.807, 2.05) is 0 Å². The Labute approximate surface area is 137 Å². The number of piperazine rings is 1. The minimum atomic E-state index is -1.27. The van der Waals surface area contributed by atoms with Crippen LogP contribution in [0.5, 0.6) is 11.5 Å². The van der Waals surface area contributed by atoms with Gasteiger partial charge in [-0.15, -0.1) is 0 Å². The van der Waals surface area contributed by atoms with E-state index in [4.69, 9.17) is 0 Å². The molecule has 1 atom stereocenters.